The van der Waals surface area contributed by atoms with Gasteiger partial charge in [-0.3, -0.25) is 0 Å². The zero-order valence-corrected chi connectivity index (χ0v) is 10.1. The van der Waals surface area contributed by atoms with Crippen molar-refractivity contribution in [3.63, 3.8) is 0 Å². The molecule has 2 nitrogen and oxygen atoms in total. The molecular weight excluding hydrogens is 184 g/mol. The summed E-state index contributed by atoms with van der Waals surface area (Å²) in [5.74, 6) is 1.01. The molecule has 0 aromatic carbocycles. The Morgan fingerprint density at radius 2 is 1.93 bits per heavy atom. The Kier molecular flexibility index (Phi) is 4.04. The van der Waals surface area contributed by atoms with Gasteiger partial charge in [-0.1, -0.05) is 12.8 Å². The Labute approximate surface area is 94.2 Å². The maximum Gasteiger partial charge on any atom is 0.0124 e. The second-order valence-corrected chi connectivity index (χ2v) is 5.56. The summed E-state index contributed by atoms with van der Waals surface area (Å²) in [7, 11) is 0. The van der Waals surface area contributed by atoms with Gasteiger partial charge < -0.3 is 10.6 Å². The molecule has 0 amide bonds. The number of hydrogen-bond acceptors (Lipinski definition) is 2. The summed E-state index contributed by atoms with van der Waals surface area (Å²) in [6.45, 7) is 4.69. The predicted molar refractivity (Wildman–Crippen MR) is 64.8 cm³/mol. The maximum atomic E-state index is 5.84. The second-order valence-electron chi connectivity index (χ2n) is 5.56. The second kappa shape index (κ2) is 5.31. The third kappa shape index (κ3) is 2.94. The lowest BCUT2D eigenvalue weighted by Gasteiger charge is -2.29. The van der Waals surface area contributed by atoms with Gasteiger partial charge in [-0.15, -0.1) is 0 Å². The van der Waals surface area contributed by atoms with E-state index >= 15 is 0 Å². The van der Waals surface area contributed by atoms with Crippen molar-refractivity contribution < 1.29 is 0 Å². The van der Waals surface area contributed by atoms with Crippen LogP contribution in [0.4, 0.5) is 0 Å². The van der Waals surface area contributed by atoms with Crippen LogP contribution in [0.1, 0.15) is 51.9 Å². The Bertz CT molecular complexity index is 185. The maximum absolute atomic E-state index is 5.84. The number of rotatable bonds is 4. The predicted octanol–water partition coefficient (Wildman–Crippen LogP) is 2.38. The lowest BCUT2D eigenvalue weighted by Crippen LogP contribution is -2.37. The minimum atomic E-state index is 0.370. The molecule has 1 heterocycles. The fourth-order valence-electron chi connectivity index (χ4n) is 3.38. The van der Waals surface area contributed by atoms with Gasteiger partial charge in [0.05, 0.1) is 0 Å². The molecule has 1 aliphatic heterocycles. The molecule has 1 aliphatic carbocycles. The number of nitrogens with zero attached hydrogens (tertiary/aromatic N) is 1. The smallest absolute Gasteiger partial charge is 0.0124 e. The van der Waals surface area contributed by atoms with Gasteiger partial charge in [0, 0.05) is 12.1 Å². The van der Waals surface area contributed by atoms with Crippen LogP contribution in [0.2, 0.25) is 0 Å². The fraction of sp³-hybridized carbons (Fsp3) is 1.00. The molecule has 0 aromatic rings. The van der Waals surface area contributed by atoms with Gasteiger partial charge in [-0.25, -0.2) is 0 Å². The normalized spacial score (nSPS) is 31.2. The van der Waals surface area contributed by atoms with Crippen LogP contribution in [0, 0.1) is 5.92 Å². The van der Waals surface area contributed by atoms with Crippen LogP contribution in [-0.2, 0) is 0 Å². The van der Waals surface area contributed by atoms with Gasteiger partial charge in [0.15, 0.2) is 0 Å². The van der Waals surface area contributed by atoms with Crippen molar-refractivity contribution in [1.82, 2.24) is 4.90 Å². The molecule has 2 fully saturated rings. The van der Waals surface area contributed by atoms with E-state index in [0.29, 0.717) is 6.04 Å². The van der Waals surface area contributed by atoms with Crippen LogP contribution >= 0.6 is 0 Å². The summed E-state index contributed by atoms with van der Waals surface area (Å²) in [4.78, 5) is 2.72. The van der Waals surface area contributed by atoms with E-state index in [1.54, 1.807) is 0 Å². The number of hydrogen-bond donors (Lipinski definition) is 1. The zero-order valence-electron chi connectivity index (χ0n) is 10.1. The van der Waals surface area contributed by atoms with Crippen molar-refractivity contribution >= 4 is 0 Å². The monoisotopic (exact) mass is 210 g/mol. The first-order valence-electron chi connectivity index (χ1n) is 6.77. The molecule has 2 aliphatic rings. The van der Waals surface area contributed by atoms with Crippen LogP contribution < -0.4 is 5.73 Å². The van der Waals surface area contributed by atoms with E-state index < -0.39 is 0 Å². The lowest BCUT2D eigenvalue weighted by molar-refractivity contribution is 0.186. The highest BCUT2D eigenvalue weighted by Crippen LogP contribution is 2.35. The lowest BCUT2D eigenvalue weighted by atomic mass is 9.96. The van der Waals surface area contributed by atoms with Gasteiger partial charge in [0.25, 0.3) is 0 Å². The first-order valence-corrected chi connectivity index (χ1v) is 6.77. The molecule has 88 valence electrons. The Morgan fingerprint density at radius 3 is 2.60 bits per heavy atom. The minimum absolute atomic E-state index is 0.370. The largest absolute Gasteiger partial charge is 0.328 e. The molecule has 0 spiro atoms. The summed E-state index contributed by atoms with van der Waals surface area (Å²) in [5, 5.41) is 0. The van der Waals surface area contributed by atoms with Crippen LogP contribution in [0.5, 0.6) is 0 Å². The van der Waals surface area contributed by atoms with Gasteiger partial charge in [0.1, 0.15) is 0 Å². The van der Waals surface area contributed by atoms with Crippen LogP contribution in [0.25, 0.3) is 0 Å². The highest BCUT2D eigenvalue weighted by Gasteiger charge is 2.32. The van der Waals surface area contributed by atoms with Gasteiger partial charge in [-0.05, 0) is 58.0 Å². The molecule has 2 atom stereocenters. The van der Waals surface area contributed by atoms with Crippen molar-refractivity contribution in [2.75, 3.05) is 13.1 Å². The van der Waals surface area contributed by atoms with E-state index in [2.05, 4.69) is 11.8 Å². The summed E-state index contributed by atoms with van der Waals surface area (Å²) < 4.78 is 0. The molecule has 0 radical (unpaired) electrons. The third-order valence-corrected chi connectivity index (χ3v) is 4.23. The highest BCUT2D eigenvalue weighted by atomic mass is 15.2. The quantitative estimate of drug-likeness (QED) is 0.772. The van der Waals surface area contributed by atoms with E-state index in [-0.39, 0.29) is 0 Å². The SMILES string of the molecule is CC(N)CCN1CCCC1C1CCCC1. The van der Waals surface area contributed by atoms with Crippen LogP contribution in [0.3, 0.4) is 0 Å². The standard InChI is InChI=1S/C13H26N2/c1-11(14)8-10-15-9-4-7-13(15)12-5-2-3-6-12/h11-13H,2-10,14H2,1H3. The molecule has 1 saturated carbocycles. The number of nitrogens with two attached hydrogens (primary N) is 1. The average Bonchev–Trinajstić information content (AvgIpc) is 2.85. The first kappa shape index (κ1) is 11.4. The highest BCUT2D eigenvalue weighted by molar-refractivity contribution is 4.87. The fourth-order valence-corrected chi connectivity index (χ4v) is 3.38. The third-order valence-electron chi connectivity index (χ3n) is 4.23. The van der Waals surface area contributed by atoms with E-state index in [0.717, 1.165) is 12.0 Å². The minimum Gasteiger partial charge on any atom is -0.328 e. The molecule has 0 bridgehead atoms. The van der Waals surface area contributed by atoms with E-state index in [9.17, 15) is 0 Å². The van der Waals surface area contributed by atoms with Gasteiger partial charge >= 0.3 is 0 Å². The topological polar surface area (TPSA) is 29.3 Å². The molecule has 2 rings (SSSR count). The van der Waals surface area contributed by atoms with Crippen molar-refractivity contribution in [2.45, 2.75) is 64.0 Å². The van der Waals surface area contributed by atoms with Crippen molar-refractivity contribution in [3.05, 3.63) is 0 Å². The molecule has 2 heteroatoms. The van der Waals surface area contributed by atoms with Gasteiger partial charge in [0.2, 0.25) is 0 Å². The van der Waals surface area contributed by atoms with E-state index in [4.69, 9.17) is 5.73 Å². The van der Waals surface area contributed by atoms with E-state index in [1.807, 2.05) is 0 Å². The van der Waals surface area contributed by atoms with Crippen molar-refractivity contribution in [2.24, 2.45) is 11.7 Å². The molecular formula is C13H26N2. The number of likely N-dealkylation sites (tertiary alicyclic amines) is 1. The molecule has 2 unspecified atom stereocenters. The Morgan fingerprint density at radius 1 is 1.20 bits per heavy atom. The zero-order chi connectivity index (χ0) is 10.7. The summed E-state index contributed by atoms with van der Waals surface area (Å²) in [5.41, 5.74) is 5.84. The van der Waals surface area contributed by atoms with Gasteiger partial charge in [-0.2, -0.15) is 0 Å². The molecule has 2 N–H and O–H groups in total. The van der Waals surface area contributed by atoms with E-state index in [1.165, 1.54) is 58.0 Å². The molecule has 15 heavy (non-hydrogen) atoms. The molecule has 1 saturated heterocycles. The summed E-state index contributed by atoms with van der Waals surface area (Å²) in [6, 6.07) is 1.28. The average molecular weight is 210 g/mol. The van der Waals surface area contributed by atoms with Crippen molar-refractivity contribution in [1.29, 1.82) is 0 Å². The van der Waals surface area contributed by atoms with Crippen LogP contribution in [-0.4, -0.2) is 30.1 Å². The Hall–Kier alpha value is -0.0800. The van der Waals surface area contributed by atoms with Crippen LogP contribution in [0.15, 0.2) is 0 Å². The Balaban J connectivity index is 1.81. The first-order chi connectivity index (χ1) is 7.27. The molecule has 0 aromatic heterocycles. The summed E-state index contributed by atoms with van der Waals surface area (Å²) >= 11 is 0. The van der Waals surface area contributed by atoms with Crippen molar-refractivity contribution in [3.8, 4) is 0 Å². The summed E-state index contributed by atoms with van der Waals surface area (Å²) in [6.07, 6.45) is 9.95.